The van der Waals surface area contributed by atoms with E-state index in [0.717, 1.165) is 13.8 Å². The molecule has 0 atom stereocenters. The highest BCUT2D eigenvalue weighted by Gasteiger charge is 2.49. The minimum Gasteiger partial charge on any atom is -0.508 e. The lowest BCUT2D eigenvalue weighted by Gasteiger charge is -2.29. The second-order valence-corrected chi connectivity index (χ2v) is 4.07. The van der Waals surface area contributed by atoms with Crippen LogP contribution < -0.4 is 0 Å². The SMILES string of the molecule is Cc1c(O)cccc1C(C)(C)C(F)(F)F. The third kappa shape index (κ3) is 1.94. The highest BCUT2D eigenvalue weighted by atomic mass is 19.4. The summed E-state index contributed by atoms with van der Waals surface area (Å²) in [5, 5.41) is 9.36. The molecule has 4 heteroatoms. The van der Waals surface area contributed by atoms with E-state index < -0.39 is 11.6 Å². The van der Waals surface area contributed by atoms with Crippen molar-refractivity contribution in [2.45, 2.75) is 32.4 Å². The first-order valence-corrected chi connectivity index (χ1v) is 4.53. The van der Waals surface area contributed by atoms with Crippen LogP contribution in [0.25, 0.3) is 0 Å². The third-order valence-electron chi connectivity index (χ3n) is 2.69. The lowest BCUT2D eigenvalue weighted by molar-refractivity contribution is -0.180. The van der Waals surface area contributed by atoms with Gasteiger partial charge in [-0.2, -0.15) is 13.2 Å². The van der Waals surface area contributed by atoms with Gasteiger partial charge in [0.05, 0.1) is 5.41 Å². The van der Waals surface area contributed by atoms with Crippen molar-refractivity contribution < 1.29 is 18.3 Å². The molecule has 0 saturated carbocycles. The zero-order valence-electron chi connectivity index (χ0n) is 8.81. The minimum absolute atomic E-state index is 0.106. The quantitative estimate of drug-likeness (QED) is 0.764. The van der Waals surface area contributed by atoms with Crippen LogP contribution in [0.5, 0.6) is 5.75 Å². The predicted molar refractivity (Wildman–Crippen MR) is 51.9 cm³/mol. The molecule has 0 fully saturated rings. The molecule has 84 valence electrons. The van der Waals surface area contributed by atoms with Crippen molar-refractivity contribution in [2.75, 3.05) is 0 Å². The van der Waals surface area contributed by atoms with E-state index in [-0.39, 0.29) is 16.9 Å². The van der Waals surface area contributed by atoms with E-state index in [9.17, 15) is 18.3 Å². The molecule has 1 rings (SSSR count). The maximum absolute atomic E-state index is 12.7. The number of aromatic hydroxyl groups is 1. The molecule has 0 amide bonds. The van der Waals surface area contributed by atoms with Gasteiger partial charge in [-0.3, -0.25) is 0 Å². The summed E-state index contributed by atoms with van der Waals surface area (Å²) in [5.41, 5.74) is -1.56. The van der Waals surface area contributed by atoms with Crippen molar-refractivity contribution in [1.82, 2.24) is 0 Å². The standard InChI is InChI=1S/C11H13F3O/c1-7-8(5-4-6-9(7)15)10(2,3)11(12,13)14/h4-6,15H,1-3H3. The maximum Gasteiger partial charge on any atom is 0.397 e. The molecule has 0 bridgehead atoms. The molecule has 1 nitrogen and oxygen atoms in total. The highest BCUT2D eigenvalue weighted by molar-refractivity contribution is 5.42. The maximum atomic E-state index is 12.7. The van der Waals surface area contributed by atoms with Gasteiger partial charge in [-0.25, -0.2) is 0 Å². The van der Waals surface area contributed by atoms with Crippen LogP contribution >= 0.6 is 0 Å². The van der Waals surface area contributed by atoms with Gasteiger partial charge in [0.1, 0.15) is 5.75 Å². The average Bonchev–Trinajstić information content (AvgIpc) is 2.07. The number of benzene rings is 1. The highest BCUT2D eigenvalue weighted by Crippen LogP contribution is 2.42. The van der Waals surface area contributed by atoms with Gasteiger partial charge in [-0.15, -0.1) is 0 Å². The number of hydrogen-bond acceptors (Lipinski definition) is 1. The number of alkyl halides is 3. The van der Waals surface area contributed by atoms with Crippen LogP contribution in [-0.4, -0.2) is 11.3 Å². The van der Waals surface area contributed by atoms with Crippen molar-refractivity contribution in [3.63, 3.8) is 0 Å². The first-order chi connectivity index (χ1) is 6.68. The van der Waals surface area contributed by atoms with E-state index in [1.54, 1.807) is 0 Å². The Kier molecular flexibility index (Phi) is 2.72. The van der Waals surface area contributed by atoms with Crippen molar-refractivity contribution >= 4 is 0 Å². The number of hydrogen-bond donors (Lipinski definition) is 1. The third-order valence-corrected chi connectivity index (χ3v) is 2.69. The van der Waals surface area contributed by atoms with Crippen molar-refractivity contribution in [1.29, 1.82) is 0 Å². The normalized spacial score (nSPS) is 12.9. The molecular weight excluding hydrogens is 205 g/mol. The van der Waals surface area contributed by atoms with Gasteiger partial charge in [0.15, 0.2) is 0 Å². The summed E-state index contributed by atoms with van der Waals surface area (Å²) >= 11 is 0. The predicted octanol–water partition coefficient (Wildman–Crippen LogP) is 3.54. The molecule has 1 N–H and O–H groups in total. The van der Waals surface area contributed by atoms with E-state index in [4.69, 9.17) is 0 Å². The Morgan fingerprint density at radius 2 is 1.67 bits per heavy atom. The fourth-order valence-electron chi connectivity index (χ4n) is 1.45. The average molecular weight is 218 g/mol. The van der Waals surface area contributed by atoms with E-state index in [1.807, 2.05) is 0 Å². The van der Waals surface area contributed by atoms with Crippen molar-refractivity contribution in [3.8, 4) is 5.75 Å². The Hall–Kier alpha value is -1.19. The zero-order chi connectivity index (χ0) is 11.9. The van der Waals surface area contributed by atoms with Crippen LogP contribution in [0, 0.1) is 6.92 Å². The molecule has 0 saturated heterocycles. The fourth-order valence-corrected chi connectivity index (χ4v) is 1.45. The van der Waals surface area contributed by atoms with Crippen molar-refractivity contribution in [2.24, 2.45) is 0 Å². The van der Waals surface area contributed by atoms with Crippen molar-refractivity contribution in [3.05, 3.63) is 29.3 Å². The zero-order valence-corrected chi connectivity index (χ0v) is 8.81. The van der Waals surface area contributed by atoms with Gasteiger partial charge in [0, 0.05) is 0 Å². The van der Waals surface area contributed by atoms with E-state index in [0.29, 0.717) is 0 Å². The monoisotopic (exact) mass is 218 g/mol. The Bertz CT molecular complexity index is 367. The largest absolute Gasteiger partial charge is 0.508 e. The Labute approximate surface area is 86.5 Å². The first kappa shape index (κ1) is 11.9. The summed E-state index contributed by atoms with van der Waals surface area (Å²) in [5.74, 6) is -0.107. The summed E-state index contributed by atoms with van der Waals surface area (Å²) < 4.78 is 38.2. The van der Waals surface area contributed by atoms with E-state index >= 15 is 0 Å². The van der Waals surface area contributed by atoms with Gasteiger partial charge >= 0.3 is 6.18 Å². The van der Waals surface area contributed by atoms with Crippen LogP contribution in [0.4, 0.5) is 13.2 Å². The molecule has 0 aliphatic carbocycles. The number of phenols is 1. The molecule has 1 aromatic carbocycles. The molecular formula is C11H13F3O. The van der Waals surface area contributed by atoms with Gasteiger partial charge in [-0.1, -0.05) is 12.1 Å². The molecule has 1 aromatic rings. The smallest absolute Gasteiger partial charge is 0.397 e. The second-order valence-electron chi connectivity index (χ2n) is 4.07. The molecule has 0 aliphatic heterocycles. The molecule has 0 heterocycles. The Balaban J connectivity index is 3.34. The van der Waals surface area contributed by atoms with Crippen LogP contribution in [0.3, 0.4) is 0 Å². The summed E-state index contributed by atoms with van der Waals surface area (Å²) in [6.07, 6.45) is -4.33. The number of phenolic OH excluding ortho intramolecular Hbond substituents is 1. The lowest BCUT2D eigenvalue weighted by Crippen LogP contribution is -2.36. The minimum atomic E-state index is -4.33. The van der Waals surface area contributed by atoms with Crippen LogP contribution in [0.1, 0.15) is 25.0 Å². The fraction of sp³-hybridized carbons (Fsp3) is 0.455. The van der Waals surface area contributed by atoms with Gasteiger partial charge < -0.3 is 5.11 Å². The molecule has 15 heavy (non-hydrogen) atoms. The lowest BCUT2D eigenvalue weighted by atomic mass is 9.81. The Morgan fingerprint density at radius 1 is 1.13 bits per heavy atom. The van der Waals surface area contributed by atoms with Crippen LogP contribution in [0.2, 0.25) is 0 Å². The topological polar surface area (TPSA) is 20.2 Å². The Morgan fingerprint density at radius 3 is 2.13 bits per heavy atom. The molecule has 0 radical (unpaired) electrons. The van der Waals surface area contributed by atoms with Crippen LogP contribution in [0.15, 0.2) is 18.2 Å². The van der Waals surface area contributed by atoms with E-state index in [1.165, 1.54) is 25.1 Å². The van der Waals surface area contributed by atoms with Gasteiger partial charge in [0.2, 0.25) is 0 Å². The second kappa shape index (κ2) is 3.43. The molecule has 0 unspecified atom stereocenters. The van der Waals surface area contributed by atoms with Gasteiger partial charge in [0.25, 0.3) is 0 Å². The molecule has 0 spiro atoms. The van der Waals surface area contributed by atoms with E-state index in [2.05, 4.69) is 0 Å². The number of rotatable bonds is 1. The van der Waals surface area contributed by atoms with Gasteiger partial charge in [-0.05, 0) is 38.0 Å². The summed E-state index contributed by atoms with van der Waals surface area (Å²) in [4.78, 5) is 0. The van der Waals surface area contributed by atoms with Crippen LogP contribution in [-0.2, 0) is 5.41 Å². The summed E-state index contributed by atoms with van der Waals surface area (Å²) in [6.45, 7) is 3.70. The molecule has 0 aliphatic rings. The molecule has 0 aromatic heterocycles. The summed E-state index contributed by atoms with van der Waals surface area (Å²) in [7, 11) is 0. The summed E-state index contributed by atoms with van der Waals surface area (Å²) in [6, 6.07) is 4.19. The number of halogens is 3. The first-order valence-electron chi connectivity index (χ1n) is 4.53.